The molecule has 2 atom stereocenters. The highest BCUT2D eigenvalue weighted by Crippen LogP contribution is 2.20. The lowest BCUT2D eigenvalue weighted by Gasteiger charge is -2.33. The number of ether oxygens (including phenoxy) is 1. The first kappa shape index (κ1) is 27.8. The van der Waals surface area contributed by atoms with Gasteiger partial charge in [-0.1, -0.05) is 37.3 Å². The van der Waals surface area contributed by atoms with Gasteiger partial charge in [0.05, 0.1) is 6.54 Å². The van der Waals surface area contributed by atoms with Gasteiger partial charge in [-0.05, 0) is 24.8 Å². The first-order valence-electron chi connectivity index (χ1n) is 12.6. The predicted molar refractivity (Wildman–Crippen MR) is 136 cm³/mol. The van der Waals surface area contributed by atoms with Crippen molar-refractivity contribution in [3.8, 4) is 0 Å². The third-order valence-corrected chi connectivity index (χ3v) is 6.43. The fourth-order valence-corrected chi connectivity index (χ4v) is 4.17. The molecule has 3 rings (SSSR count). The third-order valence-electron chi connectivity index (χ3n) is 6.43. The van der Waals surface area contributed by atoms with Gasteiger partial charge in [0, 0.05) is 44.6 Å². The maximum absolute atomic E-state index is 12.8. The predicted octanol–water partition coefficient (Wildman–Crippen LogP) is 0.296. The Morgan fingerprint density at radius 2 is 1.92 bits per heavy atom. The second-order valence-corrected chi connectivity index (χ2v) is 9.22. The topological polar surface area (TPSA) is 161 Å². The third kappa shape index (κ3) is 8.96. The van der Waals surface area contributed by atoms with Crippen molar-refractivity contribution < 1.29 is 29.0 Å². The van der Waals surface area contributed by atoms with E-state index in [4.69, 9.17) is 4.74 Å². The standard InChI is InChI=1S/C25H36N6O6/c1-17(7-10-26-24-27-11-12-28-24)22(33)31-13-8-19(9-14-31)21(32)29-15-20(23(34)35)30-25(36)37-16-18-5-3-2-4-6-18/h2-6,17,19-20H,7-16H2,1H3,(H,29,32)(H,30,36)(H,34,35)(H2,26,27,28)/t17?,20-/m0/s1. The molecule has 0 aliphatic carbocycles. The van der Waals surface area contributed by atoms with Crippen molar-refractivity contribution in [1.82, 2.24) is 26.2 Å². The molecule has 0 bridgehead atoms. The van der Waals surface area contributed by atoms with E-state index in [-0.39, 0.29) is 36.8 Å². The van der Waals surface area contributed by atoms with Crippen LogP contribution in [0.4, 0.5) is 4.79 Å². The van der Waals surface area contributed by atoms with E-state index < -0.39 is 18.1 Å². The summed E-state index contributed by atoms with van der Waals surface area (Å²) in [4.78, 5) is 55.0. The van der Waals surface area contributed by atoms with Crippen molar-refractivity contribution in [1.29, 1.82) is 0 Å². The van der Waals surface area contributed by atoms with Crippen molar-refractivity contribution in [2.24, 2.45) is 16.8 Å². The Balaban J connectivity index is 1.35. The van der Waals surface area contributed by atoms with Gasteiger partial charge in [-0.15, -0.1) is 0 Å². The molecule has 3 amide bonds. The van der Waals surface area contributed by atoms with Gasteiger partial charge in [0.1, 0.15) is 12.6 Å². The Kier molecular flexibility index (Phi) is 10.5. The number of hydrogen-bond acceptors (Lipinski definition) is 8. The van der Waals surface area contributed by atoms with E-state index >= 15 is 0 Å². The summed E-state index contributed by atoms with van der Waals surface area (Å²) in [5.41, 5.74) is 0.769. The van der Waals surface area contributed by atoms with Gasteiger partial charge in [0.15, 0.2) is 5.96 Å². The number of aliphatic imine (C=N–C) groups is 1. The summed E-state index contributed by atoms with van der Waals surface area (Å²) in [6.45, 7) is 4.81. The van der Waals surface area contributed by atoms with Crippen molar-refractivity contribution in [2.45, 2.75) is 38.8 Å². The van der Waals surface area contributed by atoms with E-state index in [1.54, 1.807) is 29.2 Å². The Bertz CT molecular complexity index is 964. The Labute approximate surface area is 216 Å². The maximum atomic E-state index is 12.8. The minimum Gasteiger partial charge on any atom is -0.480 e. The molecule has 1 unspecified atom stereocenters. The molecule has 1 fully saturated rings. The van der Waals surface area contributed by atoms with Crippen LogP contribution in [0.25, 0.3) is 0 Å². The van der Waals surface area contributed by atoms with Gasteiger partial charge in [-0.25, -0.2) is 9.59 Å². The van der Waals surface area contributed by atoms with Crippen molar-refractivity contribution in [2.75, 3.05) is 39.3 Å². The summed E-state index contributed by atoms with van der Waals surface area (Å²) >= 11 is 0. The molecule has 2 heterocycles. The summed E-state index contributed by atoms with van der Waals surface area (Å²) < 4.78 is 5.06. The van der Waals surface area contributed by atoms with E-state index in [0.29, 0.717) is 38.9 Å². The van der Waals surface area contributed by atoms with E-state index in [1.165, 1.54) is 0 Å². The van der Waals surface area contributed by atoms with E-state index in [9.17, 15) is 24.3 Å². The number of hydrogen-bond donors (Lipinski definition) is 5. The highest BCUT2D eigenvalue weighted by atomic mass is 16.5. The van der Waals surface area contributed by atoms with Crippen LogP contribution in [0.15, 0.2) is 35.3 Å². The first-order valence-corrected chi connectivity index (χ1v) is 12.6. The fraction of sp³-hybridized carbons (Fsp3) is 0.560. The number of carbonyl (C=O) groups is 4. The van der Waals surface area contributed by atoms with E-state index in [0.717, 1.165) is 24.6 Å². The molecular weight excluding hydrogens is 480 g/mol. The number of piperidine rings is 1. The number of guanidine groups is 1. The lowest BCUT2D eigenvalue weighted by atomic mass is 9.94. The van der Waals surface area contributed by atoms with Crippen LogP contribution in [-0.2, 0) is 25.7 Å². The van der Waals surface area contributed by atoms with Gasteiger partial charge in [-0.3, -0.25) is 14.6 Å². The number of alkyl carbamates (subject to hydrolysis) is 1. The highest BCUT2D eigenvalue weighted by molar-refractivity contribution is 5.83. The molecule has 2 aliphatic heterocycles. The number of aliphatic carboxylic acids is 1. The molecule has 2 aliphatic rings. The number of benzene rings is 1. The minimum atomic E-state index is -1.33. The number of likely N-dealkylation sites (tertiary alicyclic amines) is 1. The number of rotatable bonds is 11. The smallest absolute Gasteiger partial charge is 0.408 e. The van der Waals surface area contributed by atoms with Crippen LogP contribution in [0, 0.1) is 11.8 Å². The van der Waals surface area contributed by atoms with Crippen molar-refractivity contribution in [3.63, 3.8) is 0 Å². The second-order valence-electron chi connectivity index (χ2n) is 9.22. The zero-order chi connectivity index (χ0) is 26.6. The van der Waals surface area contributed by atoms with Crippen LogP contribution >= 0.6 is 0 Å². The van der Waals surface area contributed by atoms with Gasteiger partial charge < -0.3 is 36.0 Å². The number of carbonyl (C=O) groups excluding carboxylic acids is 3. The van der Waals surface area contributed by atoms with Crippen LogP contribution in [0.2, 0.25) is 0 Å². The zero-order valence-electron chi connectivity index (χ0n) is 21.1. The zero-order valence-corrected chi connectivity index (χ0v) is 21.1. The molecule has 12 nitrogen and oxygen atoms in total. The van der Waals surface area contributed by atoms with Crippen LogP contribution in [-0.4, -0.2) is 85.2 Å². The molecule has 0 radical (unpaired) electrons. The minimum absolute atomic E-state index is 0.00426. The van der Waals surface area contributed by atoms with E-state index in [1.807, 2.05) is 13.0 Å². The largest absolute Gasteiger partial charge is 0.480 e. The second kappa shape index (κ2) is 14.0. The van der Waals surface area contributed by atoms with Crippen LogP contribution in [0.1, 0.15) is 31.7 Å². The molecule has 1 saturated heterocycles. The van der Waals surface area contributed by atoms with E-state index in [2.05, 4.69) is 26.3 Å². The number of amides is 3. The molecule has 0 saturated carbocycles. The molecule has 5 N–H and O–H groups in total. The molecular formula is C25H36N6O6. The number of nitrogens with one attached hydrogen (secondary N) is 4. The van der Waals surface area contributed by atoms with Crippen molar-refractivity contribution in [3.05, 3.63) is 35.9 Å². The number of carboxylic acid groups (broad SMARTS) is 1. The summed E-state index contributed by atoms with van der Waals surface area (Å²) in [6, 6.07) is 7.68. The van der Waals surface area contributed by atoms with Crippen molar-refractivity contribution >= 4 is 29.8 Å². The average molecular weight is 517 g/mol. The lowest BCUT2D eigenvalue weighted by molar-refractivity contribution is -0.140. The highest BCUT2D eigenvalue weighted by Gasteiger charge is 2.30. The Morgan fingerprint density at radius 3 is 2.57 bits per heavy atom. The SMILES string of the molecule is CC(CCNC1=NCCN1)C(=O)N1CCC(C(=O)NC[C@H](NC(=O)OCc2ccccc2)C(=O)O)CC1. The van der Waals surface area contributed by atoms with Crippen LogP contribution in [0.5, 0.6) is 0 Å². The van der Waals surface area contributed by atoms with Gasteiger partial charge in [-0.2, -0.15) is 0 Å². The Morgan fingerprint density at radius 1 is 1.19 bits per heavy atom. The lowest BCUT2D eigenvalue weighted by Crippen LogP contribution is -2.50. The molecule has 0 aromatic heterocycles. The summed E-state index contributed by atoms with van der Waals surface area (Å²) in [6.07, 6.45) is 0.785. The van der Waals surface area contributed by atoms with Crippen LogP contribution < -0.4 is 21.3 Å². The summed E-state index contributed by atoms with van der Waals surface area (Å²) in [7, 11) is 0. The van der Waals surface area contributed by atoms with Gasteiger partial charge in [0.25, 0.3) is 0 Å². The summed E-state index contributed by atoms with van der Waals surface area (Å²) in [5, 5.41) is 20.6. The fourth-order valence-electron chi connectivity index (χ4n) is 4.17. The Hall–Kier alpha value is -3.83. The molecule has 12 heteroatoms. The first-order chi connectivity index (χ1) is 17.8. The molecule has 1 aromatic carbocycles. The normalized spacial score (nSPS) is 17.1. The number of carboxylic acids is 1. The molecule has 1 aromatic rings. The molecule has 37 heavy (non-hydrogen) atoms. The molecule has 0 spiro atoms. The van der Waals surface area contributed by atoms with Crippen LogP contribution in [0.3, 0.4) is 0 Å². The van der Waals surface area contributed by atoms with Gasteiger partial charge >= 0.3 is 12.1 Å². The number of nitrogens with zero attached hydrogens (tertiary/aromatic N) is 2. The molecule has 202 valence electrons. The average Bonchev–Trinajstić information content (AvgIpc) is 3.43. The monoisotopic (exact) mass is 516 g/mol. The maximum Gasteiger partial charge on any atom is 0.408 e. The quantitative estimate of drug-likeness (QED) is 0.281. The summed E-state index contributed by atoms with van der Waals surface area (Å²) in [5.74, 6) is -1.21. The van der Waals surface area contributed by atoms with Gasteiger partial charge in [0.2, 0.25) is 11.8 Å².